The van der Waals surface area contributed by atoms with Crippen LogP contribution in [0.1, 0.15) is 38.2 Å². The van der Waals surface area contributed by atoms with Crippen molar-refractivity contribution in [1.82, 2.24) is 4.90 Å². The van der Waals surface area contributed by atoms with E-state index in [-0.39, 0.29) is 5.84 Å². The molecule has 0 saturated heterocycles. The molecule has 0 spiro atoms. The normalized spacial score (nSPS) is 16.6. The molecule has 116 valence electrons. The summed E-state index contributed by atoms with van der Waals surface area (Å²) in [4.78, 5) is 2.51. The third-order valence-electron chi connectivity index (χ3n) is 4.15. The van der Waals surface area contributed by atoms with Crippen LogP contribution in [0.3, 0.4) is 0 Å². The molecule has 0 aliphatic heterocycles. The van der Waals surface area contributed by atoms with Gasteiger partial charge in [-0.05, 0) is 43.7 Å². The van der Waals surface area contributed by atoms with E-state index in [2.05, 4.69) is 17.0 Å². The quantitative estimate of drug-likeness (QED) is 0.350. The van der Waals surface area contributed by atoms with Gasteiger partial charge in [0.05, 0.1) is 0 Å². The Morgan fingerprint density at radius 2 is 2.00 bits per heavy atom. The van der Waals surface area contributed by atoms with Gasteiger partial charge in [-0.3, -0.25) is 4.90 Å². The molecule has 0 atom stereocenters. The van der Waals surface area contributed by atoms with Crippen LogP contribution in [-0.4, -0.2) is 41.7 Å². The summed E-state index contributed by atoms with van der Waals surface area (Å²) in [5, 5.41) is 11.6. The van der Waals surface area contributed by atoms with Gasteiger partial charge < -0.3 is 15.7 Å². The van der Waals surface area contributed by atoms with Crippen LogP contribution in [0.2, 0.25) is 0 Å². The first-order chi connectivity index (χ1) is 10.2. The number of amidine groups is 1. The molecule has 5 heteroatoms. The summed E-state index contributed by atoms with van der Waals surface area (Å²) >= 11 is 0. The third-order valence-corrected chi connectivity index (χ3v) is 4.15. The van der Waals surface area contributed by atoms with Gasteiger partial charge in [-0.15, -0.1) is 0 Å². The molecule has 1 aromatic rings. The molecule has 1 saturated carbocycles. The maximum Gasteiger partial charge on any atom is 0.170 e. The van der Waals surface area contributed by atoms with Crippen molar-refractivity contribution in [3.63, 3.8) is 0 Å². The van der Waals surface area contributed by atoms with Crippen LogP contribution in [0, 0.1) is 0 Å². The fraction of sp³-hybridized carbons (Fsp3) is 0.562. The largest absolute Gasteiger partial charge is 0.492 e. The maximum absolute atomic E-state index is 8.62. The fourth-order valence-electron chi connectivity index (χ4n) is 2.93. The third kappa shape index (κ3) is 4.36. The summed E-state index contributed by atoms with van der Waals surface area (Å²) in [7, 11) is 0. The van der Waals surface area contributed by atoms with E-state index in [4.69, 9.17) is 15.7 Å². The molecule has 21 heavy (non-hydrogen) atoms. The molecule has 0 radical (unpaired) electrons. The van der Waals surface area contributed by atoms with E-state index in [1.54, 1.807) is 12.1 Å². The number of hydrogen-bond acceptors (Lipinski definition) is 4. The van der Waals surface area contributed by atoms with E-state index in [0.717, 1.165) is 24.9 Å². The van der Waals surface area contributed by atoms with Crippen molar-refractivity contribution in [3.05, 3.63) is 29.8 Å². The van der Waals surface area contributed by atoms with Crippen molar-refractivity contribution < 1.29 is 9.94 Å². The monoisotopic (exact) mass is 291 g/mol. The highest BCUT2D eigenvalue weighted by molar-refractivity contribution is 5.97. The number of oxime groups is 1. The summed E-state index contributed by atoms with van der Waals surface area (Å²) < 4.78 is 5.78. The van der Waals surface area contributed by atoms with E-state index in [9.17, 15) is 0 Å². The van der Waals surface area contributed by atoms with Crippen molar-refractivity contribution in [2.75, 3.05) is 19.7 Å². The summed E-state index contributed by atoms with van der Waals surface area (Å²) in [6, 6.07) is 8.01. The molecule has 0 aromatic heterocycles. The summed E-state index contributed by atoms with van der Waals surface area (Å²) in [5.74, 6) is 0.923. The molecule has 1 aromatic carbocycles. The number of hydrogen-bond donors (Lipinski definition) is 2. The van der Waals surface area contributed by atoms with E-state index in [0.29, 0.717) is 12.2 Å². The molecular formula is C16H25N3O2. The summed E-state index contributed by atoms with van der Waals surface area (Å²) in [6.07, 6.45) is 5.36. The van der Waals surface area contributed by atoms with Crippen molar-refractivity contribution >= 4 is 5.84 Å². The van der Waals surface area contributed by atoms with Crippen LogP contribution in [0.25, 0.3) is 0 Å². The topological polar surface area (TPSA) is 71.1 Å². The summed E-state index contributed by atoms with van der Waals surface area (Å²) in [5.41, 5.74) is 6.21. The second-order valence-corrected chi connectivity index (χ2v) is 5.42. The Kier molecular flexibility index (Phi) is 5.87. The van der Waals surface area contributed by atoms with Gasteiger partial charge in [0.25, 0.3) is 0 Å². The van der Waals surface area contributed by atoms with Gasteiger partial charge in [0, 0.05) is 18.2 Å². The average Bonchev–Trinajstić information content (AvgIpc) is 3.05. The molecule has 1 fully saturated rings. The zero-order valence-electron chi connectivity index (χ0n) is 12.7. The Hall–Kier alpha value is -1.75. The van der Waals surface area contributed by atoms with E-state index in [1.807, 2.05) is 12.1 Å². The van der Waals surface area contributed by atoms with Gasteiger partial charge in [0.2, 0.25) is 0 Å². The number of benzene rings is 1. The van der Waals surface area contributed by atoms with Crippen LogP contribution in [0.5, 0.6) is 5.75 Å². The second kappa shape index (κ2) is 7.88. The molecule has 1 aliphatic carbocycles. The minimum Gasteiger partial charge on any atom is -0.492 e. The van der Waals surface area contributed by atoms with Crippen molar-refractivity contribution in [1.29, 1.82) is 0 Å². The molecule has 3 N–H and O–H groups in total. The Labute approximate surface area is 126 Å². The van der Waals surface area contributed by atoms with Crippen LogP contribution in [0.4, 0.5) is 0 Å². The average molecular weight is 291 g/mol. The van der Waals surface area contributed by atoms with Crippen molar-refractivity contribution in [3.8, 4) is 5.75 Å². The van der Waals surface area contributed by atoms with Gasteiger partial charge in [-0.2, -0.15) is 0 Å². The minimum atomic E-state index is 0.111. The molecule has 0 amide bonds. The maximum atomic E-state index is 8.62. The standard InChI is InChI=1S/C16H25N3O2/c1-2-19(14-5-3-4-6-14)11-12-21-15-9-7-13(8-10-15)16(17)18-20/h7-10,14,20H,2-6,11-12H2,1H3,(H2,17,18). The van der Waals surface area contributed by atoms with Crippen molar-refractivity contribution in [2.24, 2.45) is 10.9 Å². The Bertz CT molecular complexity index is 453. The molecule has 0 bridgehead atoms. The lowest BCUT2D eigenvalue weighted by Crippen LogP contribution is -2.36. The van der Waals surface area contributed by atoms with E-state index >= 15 is 0 Å². The lowest BCUT2D eigenvalue weighted by molar-refractivity contribution is 0.168. The molecular weight excluding hydrogens is 266 g/mol. The van der Waals surface area contributed by atoms with Crippen LogP contribution < -0.4 is 10.5 Å². The predicted octanol–water partition coefficient (Wildman–Crippen LogP) is 2.42. The highest BCUT2D eigenvalue weighted by Gasteiger charge is 2.20. The van der Waals surface area contributed by atoms with Crippen LogP contribution >= 0.6 is 0 Å². The number of ether oxygens (including phenoxy) is 1. The minimum absolute atomic E-state index is 0.111. The molecule has 5 nitrogen and oxygen atoms in total. The fourth-order valence-corrected chi connectivity index (χ4v) is 2.93. The summed E-state index contributed by atoms with van der Waals surface area (Å²) in [6.45, 7) is 4.94. The lowest BCUT2D eigenvalue weighted by Gasteiger charge is -2.27. The van der Waals surface area contributed by atoms with Crippen LogP contribution in [0.15, 0.2) is 29.4 Å². The number of likely N-dealkylation sites (N-methyl/N-ethyl adjacent to an activating group) is 1. The SMILES string of the molecule is CCN(CCOc1ccc(C(N)=NO)cc1)C1CCCC1. The molecule has 2 rings (SSSR count). The second-order valence-electron chi connectivity index (χ2n) is 5.42. The number of rotatable bonds is 7. The molecule has 0 heterocycles. The smallest absolute Gasteiger partial charge is 0.170 e. The first-order valence-corrected chi connectivity index (χ1v) is 7.69. The van der Waals surface area contributed by atoms with Gasteiger partial charge in [-0.1, -0.05) is 24.9 Å². The highest BCUT2D eigenvalue weighted by Crippen LogP contribution is 2.23. The first-order valence-electron chi connectivity index (χ1n) is 7.69. The van der Waals surface area contributed by atoms with E-state index < -0.39 is 0 Å². The number of nitrogens with two attached hydrogens (primary N) is 1. The number of nitrogens with zero attached hydrogens (tertiary/aromatic N) is 2. The zero-order chi connectivity index (χ0) is 15.1. The van der Waals surface area contributed by atoms with Gasteiger partial charge in [-0.25, -0.2) is 0 Å². The van der Waals surface area contributed by atoms with Gasteiger partial charge >= 0.3 is 0 Å². The Morgan fingerprint density at radius 3 is 2.57 bits per heavy atom. The first kappa shape index (κ1) is 15.6. The van der Waals surface area contributed by atoms with Gasteiger partial charge in [0.1, 0.15) is 12.4 Å². The lowest BCUT2D eigenvalue weighted by atomic mass is 10.2. The zero-order valence-corrected chi connectivity index (χ0v) is 12.7. The molecule has 1 aliphatic rings. The Morgan fingerprint density at radius 1 is 1.33 bits per heavy atom. The Balaban J connectivity index is 1.79. The molecule has 0 unspecified atom stereocenters. The van der Waals surface area contributed by atoms with Crippen LogP contribution in [-0.2, 0) is 0 Å². The van der Waals surface area contributed by atoms with Gasteiger partial charge in [0.15, 0.2) is 5.84 Å². The van der Waals surface area contributed by atoms with E-state index in [1.165, 1.54) is 25.7 Å². The predicted molar refractivity (Wildman–Crippen MR) is 84.0 cm³/mol. The van der Waals surface area contributed by atoms with Crippen molar-refractivity contribution in [2.45, 2.75) is 38.6 Å². The highest BCUT2D eigenvalue weighted by atomic mass is 16.5.